The van der Waals surface area contributed by atoms with Crippen LogP contribution in [0, 0.1) is 13.8 Å². The highest BCUT2D eigenvalue weighted by Crippen LogP contribution is 2.29. The van der Waals surface area contributed by atoms with Crippen LogP contribution in [0.2, 0.25) is 0 Å². The Bertz CT molecular complexity index is 752. The highest BCUT2D eigenvalue weighted by atomic mass is 16.5. The van der Waals surface area contributed by atoms with Gasteiger partial charge in [0, 0.05) is 12.7 Å². The van der Waals surface area contributed by atoms with Crippen molar-refractivity contribution in [1.82, 2.24) is 5.32 Å². The zero-order chi connectivity index (χ0) is 17.5. The molecule has 2 rings (SSSR count). The van der Waals surface area contributed by atoms with E-state index < -0.39 is 0 Å². The van der Waals surface area contributed by atoms with Crippen LogP contribution in [0.25, 0.3) is 11.1 Å². The summed E-state index contributed by atoms with van der Waals surface area (Å²) in [5.74, 6) is 0.901. The molecule has 0 saturated carbocycles. The molecule has 2 nitrogen and oxygen atoms in total. The molecule has 0 saturated heterocycles. The lowest BCUT2D eigenvalue weighted by molar-refractivity contribution is 0.362. The molecular weight excluding hydrogens is 294 g/mol. The van der Waals surface area contributed by atoms with E-state index in [4.69, 9.17) is 4.74 Å². The predicted molar refractivity (Wildman–Crippen MR) is 103 cm³/mol. The van der Waals surface area contributed by atoms with Crippen molar-refractivity contribution in [2.75, 3.05) is 13.7 Å². The summed E-state index contributed by atoms with van der Waals surface area (Å²) in [7, 11) is 1.93. The summed E-state index contributed by atoms with van der Waals surface area (Å²) in [6.45, 7) is 9.01. The minimum atomic E-state index is 0.557. The van der Waals surface area contributed by atoms with Gasteiger partial charge in [-0.25, -0.2) is 0 Å². The minimum absolute atomic E-state index is 0.557. The van der Waals surface area contributed by atoms with E-state index in [-0.39, 0.29) is 0 Å². The maximum atomic E-state index is 5.85. The van der Waals surface area contributed by atoms with Crippen LogP contribution in [0.1, 0.15) is 25.0 Å². The molecule has 0 amide bonds. The van der Waals surface area contributed by atoms with Crippen LogP contribution < -0.4 is 10.1 Å². The van der Waals surface area contributed by atoms with Crippen LogP contribution in [0.4, 0.5) is 0 Å². The number of rotatable bonds is 6. The molecule has 0 bridgehead atoms. The first-order chi connectivity index (χ1) is 11.5. The molecule has 2 aromatic rings. The quantitative estimate of drug-likeness (QED) is 0.717. The average Bonchev–Trinajstić information content (AvgIpc) is 2.55. The highest BCUT2D eigenvalue weighted by Gasteiger charge is 2.05. The van der Waals surface area contributed by atoms with E-state index in [1.54, 1.807) is 0 Å². The number of benzene rings is 2. The molecule has 0 fully saturated rings. The van der Waals surface area contributed by atoms with Crippen LogP contribution in [0.3, 0.4) is 0 Å². The molecule has 0 aromatic heterocycles. The molecule has 2 aromatic carbocycles. The van der Waals surface area contributed by atoms with Crippen molar-refractivity contribution in [2.24, 2.45) is 0 Å². The van der Waals surface area contributed by atoms with Gasteiger partial charge in [0.1, 0.15) is 12.4 Å². The molecule has 0 spiro atoms. The molecular formula is C22H27NO. The van der Waals surface area contributed by atoms with Crippen LogP contribution in [0.5, 0.6) is 5.75 Å². The zero-order valence-corrected chi connectivity index (χ0v) is 15.3. The molecule has 0 atom stereocenters. The Morgan fingerprint density at radius 3 is 2.33 bits per heavy atom. The molecule has 0 aliphatic rings. The smallest absolute Gasteiger partial charge is 0.120 e. The van der Waals surface area contributed by atoms with Gasteiger partial charge < -0.3 is 10.1 Å². The monoisotopic (exact) mass is 321 g/mol. The standard InChI is InChI=1S/C22H27NO/c1-16(2)22(23-5)11-8-14-24-19-12-13-21(18(4)15-19)20-10-7-6-9-17(20)3/h6-13,15,23H,14H2,1-5H3/b11-8-. The summed E-state index contributed by atoms with van der Waals surface area (Å²) in [6, 6.07) is 14.8. The first kappa shape index (κ1) is 17.9. The van der Waals surface area contributed by atoms with Gasteiger partial charge in [-0.3, -0.25) is 0 Å². The number of aryl methyl sites for hydroxylation is 2. The number of allylic oxidation sites excluding steroid dienone is 2. The van der Waals surface area contributed by atoms with E-state index in [2.05, 4.69) is 75.5 Å². The van der Waals surface area contributed by atoms with E-state index in [9.17, 15) is 0 Å². The van der Waals surface area contributed by atoms with Gasteiger partial charge in [-0.2, -0.15) is 0 Å². The third-order valence-corrected chi connectivity index (χ3v) is 4.07. The molecule has 0 aliphatic carbocycles. The average molecular weight is 321 g/mol. The Kier molecular flexibility index (Phi) is 6.25. The second kappa shape index (κ2) is 8.39. The number of nitrogens with one attached hydrogen (secondary N) is 1. The largest absolute Gasteiger partial charge is 0.490 e. The van der Waals surface area contributed by atoms with Crippen LogP contribution in [-0.4, -0.2) is 13.7 Å². The molecule has 126 valence electrons. The fraction of sp³-hybridized carbons (Fsp3) is 0.273. The number of ether oxygens (including phenoxy) is 1. The topological polar surface area (TPSA) is 21.3 Å². The third kappa shape index (κ3) is 4.51. The molecule has 0 unspecified atom stereocenters. The van der Waals surface area contributed by atoms with Gasteiger partial charge in [0.2, 0.25) is 0 Å². The maximum absolute atomic E-state index is 5.85. The van der Waals surface area contributed by atoms with E-state index in [0.717, 1.165) is 11.4 Å². The summed E-state index contributed by atoms with van der Waals surface area (Å²) in [4.78, 5) is 0. The molecule has 1 N–H and O–H groups in total. The summed E-state index contributed by atoms with van der Waals surface area (Å²) in [6.07, 6.45) is 4.09. The number of hydrogen-bond acceptors (Lipinski definition) is 2. The SMILES string of the molecule is CNC(/C=C\COc1ccc(-c2ccccc2C)c(C)c1)=C(C)C. The van der Waals surface area contributed by atoms with Crippen LogP contribution >= 0.6 is 0 Å². The van der Waals surface area contributed by atoms with Gasteiger partial charge in [0.15, 0.2) is 0 Å². The summed E-state index contributed by atoms with van der Waals surface area (Å²) < 4.78 is 5.85. The van der Waals surface area contributed by atoms with Crippen molar-refractivity contribution in [3.63, 3.8) is 0 Å². The van der Waals surface area contributed by atoms with Gasteiger partial charge in [-0.15, -0.1) is 0 Å². The highest BCUT2D eigenvalue weighted by molar-refractivity contribution is 5.71. The first-order valence-electron chi connectivity index (χ1n) is 8.34. The summed E-state index contributed by atoms with van der Waals surface area (Å²) >= 11 is 0. The molecule has 24 heavy (non-hydrogen) atoms. The van der Waals surface area contributed by atoms with Gasteiger partial charge in [-0.05, 0) is 74.2 Å². The summed E-state index contributed by atoms with van der Waals surface area (Å²) in [5, 5.41) is 3.18. The normalized spacial score (nSPS) is 10.7. The van der Waals surface area contributed by atoms with Crippen LogP contribution in [-0.2, 0) is 0 Å². The van der Waals surface area contributed by atoms with E-state index in [0.29, 0.717) is 6.61 Å². The molecule has 2 heteroatoms. The fourth-order valence-electron chi connectivity index (χ4n) is 2.71. The molecule has 0 aliphatic heterocycles. The number of hydrogen-bond donors (Lipinski definition) is 1. The summed E-state index contributed by atoms with van der Waals surface area (Å²) in [5.41, 5.74) is 7.45. The first-order valence-corrected chi connectivity index (χ1v) is 8.34. The zero-order valence-electron chi connectivity index (χ0n) is 15.3. The predicted octanol–water partition coefficient (Wildman–Crippen LogP) is 5.42. The van der Waals surface area contributed by atoms with Crippen molar-refractivity contribution >= 4 is 0 Å². The Labute approximate surface area is 145 Å². The Morgan fingerprint density at radius 2 is 1.71 bits per heavy atom. The van der Waals surface area contributed by atoms with E-state index in [1.165, 1.54) is 27.8 Å². The van der Waals surface area contributed by atoms with Gasteiger partial charge in [0.05, 0.1) is 0 Å². The van der Waals surface area contributed by atoms with Crippen LogP contribution in [0.15, 0.2) is 65.9 Å². The lowest BCUT2D eigenvalue weighted by Crippen LogP contribution is -2.05. The molecule has 0 radical (unpaired) electrons. The fourth-order valence-corrected chi connectivity index (χ4v) is 2.71. The Morgan fingerprint density at radius 1 is 1.00 bits per heavy atom. The second-order valence-corrected chi connectivity index (χ2v) is 6.17. The van der Waals surface area contributed by atoms with E-state index >= 15 is 0 Å². The lowest BCUT2D eigenvalue weighted by atomic mass is 9.97. The van der Waals surface area contributed by atoms with Crippen molar-refractivity contribution in [1.29, 1.82) is 0 Å². The van der Waals surface area contributed by atoms with Crippen molar-refractivity contribution in [2.45, 2.75) is 27.7 Å². The van der Waals surface area contributed by atoms with Crippen molar-refractivity contribution < 1.29 is 4.74 Å². The minimum Gasteiger partial charge on any atom is -0.490 e. The number of likely N-dealkylation sites (N-methyl/N-ethyl adjacent to an activating group) is 1. The van der Waals surface area contributed by atoms with Crippen molar-refractivity contribution in [3.8, 4) is 16.9 Å². The Hall–Kier alpha value is -2.48. The van der Waals surface area contributed by atoms with E-state index in [1.807, 2.05) is 19.2 Å². The second-order valence-electron chi connectivity index (χ2n) is 6.17. The lowest BCUT2D eigenvalue weighted by Gasteiger charge is -2.11. The maximum Gasteiger partial charge on any atom is 0.120 e. The van der Waals surface area contributed by atoms with Gasteiger partial charge in [-0.1, -0.05) is 35.9 Å². The van der Waals surface area contributed by atoms with Gasteiger partial charge in [0.25, 0.3) is 0 Å². The van der Waals surface area contributed by atoms with Crippen molar-refractivity contribution in [3.05, 3.63) is 77.0 Å². The third-order valence-electron chi connectivity index (χ3n) is 4.07. The Balaban J connectivity index is 2.07. The van der Waals surface area contributed by atoms with Gasteiger partial charge >= 0.3 is 0 Å². The molecule has 0 heterocycles.